The van der Waals surface area contributed by atoms with Gasteiger partial charge in [0.15, 0.2) is 0 Å². The van der Waals surface area contributed by atoms with Crippen molar-refractivity contribution in [1.29, 1.82) is 0 Å². The van der Waals surface area contributed by atoms with Gasteiger partial charge in [-0.2, -0.15) is 0 Å². The molecule has 0 saturated carbocycles. The van der Waals surface area contributed by atoms with Crippen LogP contribution < -0.4 is 0 Å². The van der Waals surface area contributed by atoms with Crippen molar-refractivity contribution < 1.29 is 29.0 Å². The summed E-state index contributed by atoms with van der Waals surface area (Å²) in [4.78, 5) is 45.2. The molecule has 2 amide bonds. The third-order valence-corrected chi connectivity index (χ3v) is 8.67. The van der Waals surface area contributed by atoms with Crippen molar-refractivity contribution in [3.63, 3.8) is 0 Å². The van der Waals surface area contributed by atoms with Gasteiger partial charge in [-0.25, -0.2) is 0 Å². The van der Waals surface area contributed by atoms with Crippen LogP contribution in [0.2, 0.25) is 0 Å². The third kappa shape index (κ3) is 5.11. The molecular weight excluding hydrogens is 472 g/mol. The van der Waals surface area contributed by atoms with Gasteiger partial charge in [0, 0.05) is 13.1 Å². The maximum Gasteiger partial charge on any atom is 0.312 e. The van der Waals surface area contributed by atoms with Crippen molar-refractivity contribution in [1.82, 2.24) is 9.80 Å². The molecule has 2 unspecified atom stereocenters. The van der Waals surface area contributed by atoms with Crippen LogP contribution in [0.1, 0.15) is 78.6 Å². The van der Waals surface area contributed by atoms with Crippen molar-refractivity contribution in [3.8, 4) is 0 Å². The lowest BCUT2D eigenvalue weighted by molar-refractivity contribution is -0.163. The Labute approximate surface area is 222 Å². The zero-order chi connectivity index (χ0) is 27.2. The van der Waals surface area contributed by atoms with Crippen LogP contribution in [-0.2, 0) is 23.9 Å². The van der Waals surface area contributed by atoms with Crippen LogP contribution in [0.5, 0.6) is 0 Å². The van der Waals surface area contributed by atoms with Crippen molar-refractivity contribution in [2.45, 2.75) is 102 Å². The first kappa shape index (κ1) is 29.4. The molecule has 3 rings (SSSR count). The highest BCUT2D eigenvalue weighted by molar-refractivity contribution is 5.98. The summed E-state index contributed by atoms with van der Waals surface area (Å²) in [6.45, 7) is 14.4. The number of amides is 2. The predicted octanol–water partition coefficient (Wildman–Crippen LogP) is 3.63. The Hall–Kier alpha value is -2.19. The van der Waals surface area contributed by atoms with Gasteiger partial charge in [-0.3, -0.25) is 14.4 Å². The predicted molar refractivity (Wildman–Crippen MR) is 142 cm³/mol. The van der Waals surface area contributed by atoms with E-state index in [0.29, 0.717) is 45.2 Å². The number of fused-ring (bicyclic) bond motifs is 1. The number of aliphatic hydroxyl groups is 1. The van der Waals surface area contributed by atoms with E-state index in [2.05, 4.69) is 20.1 Å². The van der Waals surface area contributed by atoms with Gasteiger partial charge < -0.3 is 24.4 Å². The number of ether oxygens (including phenoxy) is 2. The highest BCUT2D eigenvalue weighted by Crippen LogP contribution is 2.64. The second kappa shape index (κ2) is 12.6. The van der Waals surface area contributed by atoms with E-state index in [1.807, 2.05) is 13.8 Å². The fourth-order valence-electron chi connectivity index (χ4n) is 6.76. The molecule has 3 saturated heterocycles. The molecule has 1 N–H and O–H groups in total. The standard InChI is InChI=1S/C29H46N2O6/c1-6-11-13-18-30(17-8-3)26(34)24-29-16-15-28(10-5,37-29)23(27(35)36-19-14-12-7-2)22(29)25(33)31(24)21(9-4)20-32/h7-8,21-24,32H,2-3,6,9-20H2,1,4-5H3/t21-,22-,23+,24?,28-,29?/m0/s1. The molecule has 8 heteroatoms. The third-order valence-electron chi connectivity index (χ3n) is 8.67. The molecule has 0 aliphatic carbocycles. The van der Waals surface area contributed by atoms with Crippen LogP contribution in [0.15, 0.2) is 25.3 Å². The lowest BCUT2D eigenvalue weighted by Crippen LogP contribution is -2.59. The number of hydrogen-bond donors (Lipinski definition) is 1. The average molecular weight is 519 g/mol. The second-order valence-corrected chi connectivity index (χ2v) is 10.7. The topological polar surface area (TPSA) is 96.4 Å². The zero-order valence-corrected chi connectivity index (χ0v) is 23.0. The van der Waals surface area contributed by atoms with E-state index in [0.717, 1.165) is 25.7 Å². The summed E-state index contributed by atoms with van der Waals surface area (Å²) in [6.07, 6.45) is 9.89. The Morgan fingerprint density at radius 2 is 1.97 bits per heavy atom. The highest BCUT2D eigenvalue weighted by Gasteiger charge is 2.79. The lowest BCUT2D eigenvalue weighted by Gasteiger charge is -2.39. The molecular formula is C29H46N2O6. The monoisotopic (exact) mass is 518 g/mol. The first-order valence-electron chi connectivity index (χ1n) is 14.1. The van der Waals surface area contributed by atoms with E-state index in [9.17, 15) is 19.5 Å². The molecule has 3 heterocycles. The number of allylic oxidation sites excluding steroid dienone is 1. The van der Waals surface area contributed by atoms with Gasteiger partial charge in [-0.1, -0.05) is 45.8 Å². The van der Waals surface area contributed by atoms with Gasteiger partial charge in [-0.15, -0.1) is 13.2 Å². The van der Waals surface area contributed by atoms with Gasteiger partial charge in [0.2, 0.25) is 11.8 Å². The van der Waals surface area contributed by atoms with Crippen molar-refractivity contribution in [2.75, 3.05) is 26.3 Å². The summed E-state index contributed by atoms with van der Waals surface area (Å²) < 4.78 is 12.4. The molecule has 3 aliphatic rings. The first-order chi connectivity index (χ1) is 17.8. The Balaban J connectivity index is 2.03. The number of rotatable bonds is 16. The number of hydrogen-bond acceptors (Lipinski definition) is 6. The van der Waals surface area contributed by atoms with Crippen molar-refractivity contribution >= 4 is 17.8 Å². The maximum atomic E-state index is 14.3. The number of esters is 1. The summed E-state index contributed by atoms with van der Waals surface area (Å²) in [6, 6.07) is -1.43. The number of unbranched alkanes of at least 4 members (excludes halogenated alkanes) is 3. The normalized spacial score (nSPS) is 30.8. The number of nitrogens with zero attached hydrogens (tertiary/aromatic N) is 2. The summed E-state index contributed by atoms with van der Waals surface area (Å²) in [5.41, 5.74) is -1.94. The molecule has 6 atom stereocenters. The molecule has 3 fully saturated rings. The fourth-order valence-corrected chi connectivity index (χ4v) is 6.76. The minimum atomic E-state index is -1.11. The Bertz CT molecular complexity index is 857. The number of carbonyl (C=O) groups is 3. The van der Waals surface area contributed by atoms with Crippen LogP contribution >= 0.6 is 0 Å². The summed E-state index contributed by atoms with van der Waals surface area (Å²) in [5, 5.41) is 10.2. The van der Waals surface area contributed by atoms with Crippen LogP contribution in [0.25, 0.3) is 0 Å². The number of aliphatic hydroxyl groups excluding tert-OH is 1. The molecule has 2 bridgehead atoms. The molecule has 0 aromatic heterocycles. The summed E-state index contributed by atoms with van der Waals surface area (Å²) >= 11 is 0. The Morgan fingerprint density at radius 3 is 2.57 bits per heavy atom. The summed E-state index contributed by atoms with van der Waals surface area (Å²) in [5.74, 6) is -2.47. The summed E-state index contributed by atoms with van der Waals surface area (Å²) in [7, 11) is 0. The SMILES string of the molecule is C=CCCCOC(=O)[C@H]1[C@H]2C(=O)N([C@@H](CC)CO)C(C(=O)N(CC=C)CCCCC)C23CC[C@]1(CC)O3. The molecule has 0 aromatic rings. The van der Waals surface area contributed by atoms with E-state index in [1.165, 1.54) is 0 Å². The quantitative estimate of drug-likeness (QED) is 0.190. The van der Waals surface area contributed by atoms with Gasteiger partial charge in [0.25, 0.3) is 0 Å². The molecule has 0 radical (unpaired) electrons. The maximum absolute atomic E-state index is 14.3. The smallest absolute Gasteiger partial charge is 0.312 e. The molecule has 0 aromatic carbocycles. The van der Waals surface area contributed by atoms with Crippen LogP contribution in [0.3, 0.4) is 0 Å². The zero-order valence-electron chi connectivity index (χ0n) is 23.0. The van der Waals surface area contributed by atoms with Crippen molar-refractivity contribution in [3.05, 3.63) is 25.3 Å². The van der Waals surface area contributed by atoms with E-state index in [4.69, 9.17) is 9.47 Å². The minimum Gasteiger partial charge on any atom is -0.465 e. The molecule has 208 valence electrons. The first-order valence-corrected chi connectivity index (χ1v) is 14.1. The van der Waals surface area contributed by atoms with E-state index in [-0.39, 0.29) is 25.0 Å². The van der Waals surface area contributed by atoms with Gasteiger partial charge in [0.1, 0.15) is 17.6 Å². The average Bonchev–Trinajstić information content (AvgIpc) is 3.50. The second-order valence-electron chi connectivity index (χ2n) is 10.7. The van der Waals surface area contributed by atoms with E-state index < -0.39 is 41.1 Å². The van der Waals surface area contributed by atoms with Crippen molar-refractivity contribution in [2.24, 2.45) is 11.8 Å². The van der Waals surface area contributed by atoms with Crippen LogP contribution in [-0.4, -0.2) is 82.3 Å². The van der Waals surface area contributed by atoms with Gasteiger partial charge >= 0.3 is 5.97 Å². The minimum absolute atomic E-state index is 0.189. The molecule has 8 nitrogen and oxygen atoms in total. The van der Waals surface area contributed by atoms with Gasteiger partial charge in [-0.05, 0) is 44.9 Å². The van der Waals surface area contributed by atoms with E-state index >= 15 is 0 Å². The van der Waals surface area contributed by atoms with E-state index in [1.54, 1.807) is 22.0 Å². The van der Waals surface area contributed by atoms with Crippen LogP contribution in [0.4, 0.5) is 0 Å². The fraction of sp³-hybridized carbons (Fsp3) is 0.759. The highest BCUT2D eigenvalue weighted by atomic mass is 16.6. The van der Waals surface area contributed by atoms with Gasteiger partial charge in [0.05, 0.1) is 30.8 Å². The molecule has 3 aliphatic heterocycles. The molecule has 37 heavy (non-hydrogen) atoms. The largest absolute Gasteiger partial charge is 0.465 e. The Kier molecular flexibility index (Phi) is 9.98. The molecule has 1 spiro atoms. The number of likely N-dealkylation sites (tertiary alicyclic amines) is 1. The Morgan fingerprint density at radius 1 is 1.22 bits per heavy atom. The lowest BCUT2D eigenvalue weighted by atomic mass is 9.65. The van der Waals surface area contributed by atoms with Crippen LogP contribution in [0, 0.1) is 11.8 Å². The number of carbonyl (C=O) groups excluding carboxylic acids is 3.